The van der Waals surface area contributed by atoms with Crippen molar-refractivity contribution in [2.45, 2.75) is 27.2 Å². The summed E-state index contributed by atoms with van der Waals surface area (Å²) >= 11 is 0. The van der Waals surface area contributed by atoms with E-state index in [1.54, 1.807) is 7.11 Å². The van der Waals surface area contributed by atoms with Crippen LogP contribution in [0.5, 0.6) is 5.75 Å². The van der Waals surface area contributed by atoms with Crippen LogP contribution in [-0.4, -0.2) is 33.3 Å². The van der Waals surface area contributed by atoms with Crippen molar-refractivity contribution in [2.24, 2.45) is 11.8 Å². The van der Waals surface area contributed by atoms with Gasteiger partial charge in [0.1, 0.15) is 5.75 Å². The predicted molar refractivity (Wildman–Crippen MR) is 85.8 cm³/mol. The highest BCUT2D eigenvalue weighted by Crippen LogP contribution is 2.32. The number of aryl methyl sites for hydroxylation is 1. The molecule has 0 aromatic heterocycles. The first-order valence-electron chi connectivity index (χ1n) is 7.70. The van der Waals surface area contributed by atoms with Crippen molar-refractivity contribution in [3.05, 3.63) is 23.8 Å². The second-order valence-corrected chi connectivity index (χ2v) is 6.33. The highest BCUT2D eigenvalue weighted by molar-refractivity contribution is 5.60. The molecule has 0 amide bonds. The maximum Gasteiger partial charge on any atom is 0.142 e. The van der Waals surface area contributed by atoms with Crippen LogP contribution in [0.1, 0.15) is 25.8 Å². The number of methoxy groups -OCH3 is 1. The Morgan fingerprint density at radius 1 is 1.40 bits per heavy atom. The second-order valence-electron chi connectivity index (χ2n) is 6.33. The number of hydrogen-bond donors (Lipinski definition) is 1. The number of anilines is 1. The molecule has 0 aliphatic carbocycles. The predicted octanol–water partition coefficient (Wildman–Crippen LogP) is 3.08. The summed E-state index contributed by atoms with van der Waals surface area (Å²) in [7, 11) is 1.76. The fraction of sp³-hybridized carbons (Fsp3) is 0.647. The summed E-state index contributed by atoms with van der Waals surface area (Å²) < 4.78 is 5.50. The summed E-state index contributed by atoms with van der Waals surface area (Å²) in [5.74, 6) is 2.47. The van der Waals surface area contributed by atoms with Gasteiger partial charge in [-0.25, -0.2) is 0 Å². The molecule has 0 spiro atoms. The zero-order valence-corrected chi connectivity index (χ0v) is 13.3. The monoisotopic (exact) mass is 276 g/mol. The van der Waals surface area contributed by atoms with Crippen molar-refractivity contribution in [3.63, 3.8) is 0 Å². The summed E-state index contributed by atoms with van der Waals surface area (Å²) in [6.45, 7) is 11.2. The van der Waals surface area contributed by atoms with Gasteiger partial charge in [0, 0.05) is 13.1 Å². The van der Waals surface area contributed by atoms with Crippen LogP contribution in [0.3, 0.4) is 0 Å². The lowest BCUT2D eigenvalue weighted by Gasteiger charge is -2.22. The SMILES string of the molecule is COc1ccc(C)cc1N1CCC(CNCC(C)C)C1. The number of benzene rings is 1. The molecular weight excluding hydrogens is 248 g/mol. The van der Waals surface area contributed by atoms with Crippen LogP contribution < -0.4 is 15.0 Å². The summed E-state index contributed by atoms with van der Waals surface area (Å²) in [5, 5.41) is 3.58. The molecule has 1 aliphatic rings. The molecule has 3 nitrogen and oxygen atoms in total. The minimum atomic E-state index is 0.726. The minimum Gasteiger partial charge on any atom is -0.495 e. The van der Waals surface area contributed by atoms with E-state index in [0.717, 1.165) is 43.8 Å². The number of hydrogen-bond acceptors (Lipinski definition) is 3. The van der Waals surface area contributed by atoms with Crippen LogP contribution >= 0.6 is 0 Å². The molecule has 2 rings (SSSR count). The first-order chi connectivity index (χ1) is 9.60. The molecule has 1 aliphatic heterocycles. The van der Waals surface area contributed by atoms with Gasteiger partial charge in [-0.05, 0) is 56.0 Å². The molecule has 1 N–H and O–H groups in total. The molecule has 0 bridgehead atoms. The Labute approximate surface area is 123 Å². The first kappa shape index (κ1) is 15.2. The molecule has 112 valence electrons. The van der Waals surface area contributed by atoms with Gasteiger partial charge in [0.2, 0.25) is 0 Å². The Morgan fingerprint density at radius 3 is 2.90 bits per heavy atom. The highest BCUT2D eigenvalue weighted by atomic mass is 16.5. The maximum atomic E-state index is 5.50. The summed E-state index contributed by atoms with van der Waals surface area (Å²) in [5.41, 5.74) is 2.54. The van der Waals surface area contributed by atoms with Gasteiger partial charge in [-0.15, -0.1) is 0 Å². The van der Waals surface area contributed by atoms with Crippen LogP contribution in [0.4, 0.5) is 5.69 Å². The summed E-state index contributed by atoms with van der Waals surface area (Å²) in [6.07, 6.45) is 1.27. The third kappa shape index (κ3) is 3.89. The molecule has 1 unspecified atom stereocenters. The third-order valence-corrected chi connectivity index (χ3v) is 3.95. The van der Waals surface area contributed by atoms with E-state index in [9.17, 15) is 0 Å². The van der Waals surface area contributed by atoms with Crippen molar-refractivity contribution in [1.29, 1.82) is 0 Å². The molecule has 1 atom stereocenters. The molecular formula is C17H28N2O. The topological polar surface area (TPSA) is 24.5 Å². The normalized spacial score (nSPS) is 18.9. The molecule has 1 aromatic carbocycles. The third-order valence-electron chi connectivity index (χ3n) is 3.95. The van der Waals surface area contributed by atoms with Crippen molar-refractivity contribution >= 4 is 5.69 Å². The average molecular weight is 276 g/mol. The first-order valence-corrected chi connectivity index (χ1v) is 7.70. The Morgan fingerprint density at radius 2 is 2.20 bits per heavy atom. The largest absolute Gasteiger partial charge is 0.495 e. The van der Waals surface area contributed by atoms with Gasteiger partial charge >= 0.3 is 0 Å². The standard InChI is InChI=1S/C17H28N2O/c1-13(2)10-18-11-15-7-8-19(12-15)16-9-14(3)5-6-17(16)20-4/h5-6,9,13,15,18H,7-8,10-12H2,1-4H3. The lowest BCUT2D eigenvalue weighted by atomic mass is 10.1. The van der Waals surface area contributed by atoms with Crippen molar-refractivity contribution in [3.8, 4) is 5.75 Å². The molecule has 0 radical (unpaired) electrons. The summed E-state index contributed by atoms with van der Waals surface area (Å²) in [4.78, 5) is 2.47. The molecule has 1 fully saturated rings. The van der Waals surface area contributed by atoms with Gasteiger partial charge < -0.3 is 15.0 Å². The van der Waals surface area contributed by atoms with Crippen LogP contribution in [0.2, 0.25) is 0 Å². The fourth-order valence-electron chi connectivity index (χ4n) is 2.84. The van der Waals surface area contributed by atoms with E-state index >= 15 is 0 Å². The maximum absolute atomic E-state index is 5.50. The number of ether oxygens (including phenoxy) is 1. The van der Waals surface area contributed by atoms with Gasteiger partial charge in [-0.2, -0.15) is 0 Å². The second kappa shape index (κ2) is 6.98. The smallest absolute Gasteiger partial charge is 0.142 e. The summed E-state index contributed by atoms with van der Waals surface area (Å²) in [6, 6.07) is 6.43. The van der Waals surface area contributed by atoms with Gasteiger partial charge in [0.15, 0.2) is 0 Å². The number of rotatable bonds is 6. The molecule has 20 heavy (non-hydrogen) atoms. The van der Waals surface area contributed by atoms with Crippen molar-refractivity contribution < 1.29 is 4.74 Å². The lowest BCUT2D eigenvalue weighted by Crippen LogP contribution is -2.28. The van der Waals surface area contributed by atoms with Crippen LogP contribution in [0.25, 0.3) is 0 Å². The van der Waals surface area contributed by atoms with Crippen molar-refractivity contribution in [2.75, 3.05) is 38.2 Å². The molecule has 1 aromatic rings. The zero-order chi connectivity index (χ0) is 14.5. The average Bonchev–Trinajstić information content (AvgIpc) is 2.87. The Bertz CT molecular complexity index is 431. The van der Waals surface area contributed by atoms with Gasteiger partial charge in [0.25, 0.3) is 0 Å². The number of nitrogens with one attached hydrogen (secondary N) is 1. The Hall–Kier alpha value is -1.22. The van der Waals surface area contributed by atoms with Crippen LogP contribution in [0, 0.1) is 18.8 Å². The minimum absolute atomic E-state index is 0.726. The molecule has 1 heterocycles. The van der Waals surface area contributed by atoms with Crippen molar-refractivity contribution in [1.82, 2.24) is 5.32 Å². The number of nitrogens with zero attached hydrogens (tertiary/aromatic N) is 1. The zero-order valence-electron chi connectivity index (χ0n) is 13.3. The molecule has 0 saturated carbocycles. The van der Waals surface area contributed by atoms with Gasteiger partial charge in [-0.1, -0.05) is 19.9 Å². The Balaban J connectivity index is 1.93. The molecule has 3 heteroatoms. The van der Waals surface area contributed by atoms with E-state index in [2.05, 4.69) is 49.2 Å². The van der Waals surface area contributed by atoms with Gasteiger partial charge in [0.05, 0.1) is 12.8 Å². The van der Waals surface area contributed by atoms with E-state index < -0.39 is 0 Å². The molecule has 1 saturated heterocycles. The van der Waals surface area contributed by atoms with E-state index in [4.69, 9.17) is 4.74 Å². The lowest BCUT2D eigenvalue weighted by molar-refractivity contribution is 0.414. The quantitative estimate of drug-likeness (QED) is 0.864. The van der Waals surface area contributed by atoms with E-state index in [1.807, 2.05) is 0 Å². The van der Waals surface area contributed by atoms with Crippen LogP contribution in [0.15, 0.2) is 18.2 Å². The van der Waals surface area contributed by atoms with E-state index in [-0.39, 0.29) is 0 Å². The highest BCUT2D eigenvalue weighted by Gasteiger charge is 2.24. The van der Waals surface area contributed by atoms with Crippen LogP contribution in [-0.2, 0) is 0 Å². The van der Waals surface area contributed by atoms with E-state index in [0.29, 0.717) is 0 Å². The van der Waals surface area contributed by atoms with E-state index in [1.165, 1.54) is 17.7 Å². The fourth-order valence-corrected chi connectivity index (χ4v) is 2.84. The Kier molecular flexibility index (Phi) is 5.30. The van der Waals surface area contributed by atoms with Gasteiger partial charge in [-0.3, -0.25) is 0 Å².